The number of rotatable bonds is 7. The molecular formula is C20H20F3N3O5S. The van der Waals surface area contributed by atoms with Gasteiger partial charge < -0.3 is 15.0 Å². The van der Waals surface area contributed by atoms with Crippen molar-refractivity contribution in [2.24, 2.45) is 5.92 Å². The van der Waals surface area contributed by atoms with Crippen LogP contribution >= 0.6 is 0 Å². The van der Waals surface area contributed by atoms with Gasteiger partial charge in [-0.2, -0.15) is 13.2 Å². The van der Waals surface area contributed by atoms with Gasteiger partial charge in [0.2, 0.25) is 21.8 Å². The van der Waals surface area contributed by atoms with Gasteiger partial charge in [-0.1, -0.05) is 12.1 Å². The van der Waals surface area contributed by atoms with Crippen LogP contribution in [0.15, 0.2) is 53.4 Å². The van der Waals surface area contributed by atoms with Gasteiger partial charge in [-0.05, 0) is 36.4 Å². The minimum Gasteiger partial charge on any atom is -0.495 e. The fourth-order valence-corrected chi connectivity index (χ4v) is 4.21. The molecule has 1 heterocycles. The molecule has 0 aromatic heterocycles. The predicted octanol–water partition coefficient (Wildman–Crippen LogP) is 2.53. The van der Waals surface area contributed by atoms with Crippen LogP contribution in [-0.2, 0) is 19.6 Å². The lowest BCUT2D eigenvalue weighted by Gasteiger charge is -2.19. The molecule has 32 heavy (non-hydrogen) atoms. The quantitative estimate of drug-likeness (QED) is 0.646. The fourth-order valence-electron chi connectivity index (χ4n) is 3.19. The number of methoxy groups -OCH3 is 1. The van der Waals surface area contributed by atoms with E-state index in [4.69, 9.17) is 4.74 Å². The molecule has 1 aliphatic rings. The van der Waals surface area contributed by atoms with Gasteiger partial charge >= 0.3 is 6.18 Å². The summed E-state index contributed by atoms with van der Waals surface area (Å²) >= 11 is 0. The summed E-state index contributed by atoms with van der Waals surface area (Å²) in [5.41, 5.74) is 0.796. The molecule has 3 rings (SSSR count). The maximum atomic E-state index is 12.6. The number of anilines is 2. The van der Waals surface area contributed by atoms with Crippen molar-refractivity contribution in [2.45, 2.75) is 17.5 Å². The summed E-state index contributed by atoms with van der Waals surface area (Å²) in [6, 6.07) is 11.6. The van der Waals surface area contributed by atoms with E-state index in [1.807, 2.05) is 0 Å². The number of hydrogen-bond donors (Lipinski definition) is 2. The summed E-state index contributed by atoms with van der Waals surface area (Å²) in [6.07, 6.45) is -4.70. The van der Waals surface area contributed by atoms with E-state index in [9.17, 15) is 31.2 Å². The predicted molar refractivity (Wildman–Crippen MR) is 110 cm³/mol. The topological polar surface area (TPSA) is 105 Å². The van der Waals surface area contributed by atoms with Crippen molar-refractivity contribution in [1.29, 1.82) is 0 Å². The number of sulfonamides is 1. The number of hydrogen-bond acceptors (Lipinski definition) is 5. The van der Waals surface area contributed by atoms with Gasteiger partial charge in [0.25, 0.3) is 0 Å². The molecule has 1 saturated heterocycles. The molecule has 172 valence electrons. The zero-order valence-electron chi connectivity index (χ0n) is 16.8. The maximum absolute atomic E-state index is 12.6. The van der Waals surface area contributed by atoms with Gasteiger partial charge in [-0.3, -0.25) is 9.59 Å². The van der Waals surface area contributed by atoms with Crippen molar-refractivity contribution >= 4 is 33.2 Å². The number of carbonyl (C=O) groups excluding carboxylic acids is 2. The second kappa shape index (κ2) is 9.17. The molecule has 2 aromatic carbocycles. The van der Waals surface area contributed by atoms with Gasteiger partial charge in [-0.15, -0.1) is 0 Å². The Morgan fingerprint density at radius 3 is 2.44 bits per heavy atom. The van der Waals surface area contributed by atoms with Gasteiger partial charge in [-0.25, -0.2) is 13.1 Å². The second-order valence-corrected chi connectivity index (χ2v) is 8.80. The number of amides is 2. The number of nitrogens with one attached hydrogen (secondary N) is 2. The van der Waals surface area contributed by atoms with Crippen LogP contribution in [0.3, 0.4) is 0 Å². The van der Waals surface area contributed by atoms with E-state index in [2.05, 4.69) is 5.32 Å². The van der Waals surface area contributed by atoms with Crippen molar-refractivity contribution in [3.05, 3.63) is 48.5 Å². The van der Waals surface area contributed by atoms with Crippen molar-refractivity contribution in [3.8, 4) is 5.75 Å². The molecule has 1 atom stereocenters. The lowest BCUT2D eigenvalue weighted by atomic mass is 10.1. The van der Waals surface area contributed by atoms with Crippen LogP contribution in [-0.4, -0.2) is 46.6 Å². The Hall–Kier alpha value is -3.12. The Morgan fingerprint density at radius 2 is 1.81 bits per heavy atom. The molecule has 8 nitrogen and oxygen atoms in total. The first-order chi connectivity index (χ1) is 15.0. The van der Waals surface area contributed by atoms with Crippen LogP contribution in [0.4, 0.5) is 24.5 Å². The number of benzene rings is 2. The summed E-state index contributed by atoms with van der Waals surface area (Å²) in [5, 5.41) is 2.60. The van der Waals surface area contributed by atoms with E-state index in [-0.39, 0.29) is 29.5 Å². The maximum Gasteiger partial charge on any atom is 0.402 e. The minimum absolute atomic E-state index is 0.0162. The Labute approximate surface area is 182 Å². The molecule has 0 aliphatic carbocycles. The third kappa shape index (κ3) is 5.56. The molecule has 1 unspecified atom stereocenters. The second-order valence-electron chi connectivity index (χ2n) is 7.03. The average Bonchev–Trinajstić information content (AvgIpc) is 3.14. The molecule has 0 spiro atoms. The number of para-hydroxylation sites is 2. The highest BCUT2D eigenvalue weighted by Crippen LogP contribution is 2.33. The number of alkyl halides is 3. The minimum atomic E-state index is -4.68. The lowest BCUT2D eigenvalue weighted by molar-refractivity contribution is -0.122. The average molecular weight is 471 g/mol. The first kappa shape index (κ1) is 23.5. The summed E-state index contributed by atoms with van der Waals surface area (Å²) in [5.74, 6) is -0.838. The zero-order chi connectivity index (χ0) is 23.5. The van der Waals surface area contributed by atoms with Crippen molar-refractivity contribution in [1.82, 2.24) is 4.72 Å². The van der Waals surface area contributed by atoms with Crippen molar-refractivity contribution in [2.75, 3.05) is 30.4 Å². The summed E-state index contributed by atoms with van der Waals surface area (Å²) in [4.78, 5) is 26.1. The van der Waals surface area contributed by atoms with E-state index in [1.54, 1.807) is 24.3 Å². The fraction of sp³-hybridized carbons (Fsp3) is 0.300. The van der Waals surface area contributed by atoms with Crippen LogP contribution in [0.25, 0.3) is 0 Å². The van der Waals surface area contributed by atoms with Crippen molar-refractivity contribution < 1.29 is 35.9 Å². The van der Waals surface area contributed by atoms with Crippen LogP contribution in [0, 0.1) is 5.92 Å². The van der Waals surface area contributed by atoms with Crippen LogP contribution in [0.1, 0.15) is 6.42 Å². The first-order valence-electron chi connectivity index (χ1n) is 9.41. The largest absolute Gasteiger partial charge is 0.495 e. The smallest absolute Gasteiger partial charge is 0.402 e. The zero-order valence-corrected chi connectivity index (χ0v) is 17.7. The van der Waals surface area contributed by atoms with E-state index in [1.165, 1.54) is 28.9 Å². The summed E-state index contributed by atoms with van der Waals surface area (Å²) in [7, 11) is -2.87. The molecule has 0 saturated carbocycles. The van der Waals surface area contributed by atoms with Gasteiger partial charge in [0.15, 0.2) is 0 Å². The molecule has 0 radical (unpaired) electrons. The number of halogens is 3. The van der Waals surface area contributed by atoms with E-state index < -0.39 is 34.6 Å². The number of ether oxygens (including phenoxy) is 1. The SMILES string of the molecule is COc1ccccc1N1CC(C(=O)Nc2ccc(S(=O)(=O)NCC(F)(F)F)cc2)CC1=O. The van der Waals surface area contributed by atoms with Crippen molar-refractivity contribution in [3.63, 3.8) is 0 Å². The van der Waals surface area contributed by atoms with Crippen LogP contribution in [0.2, 0.25) is 0 Å². The normalized spacial score (nSPS) is 16.8. The van der Waals surface area contributed by atoms with Gasteiger partial charge in [0.05, 0.1) is 23.6 Å². The Kier molecular flexibility index (Phi) is 6.74. The van der Waals surface area contributed by atoms with E-state index >= 15 is 0 Å². The molecule has 0 bridgehead atoms. The number of nitrogens with zero attached hydrogens (tertiary/aromatic N) is 1. The molecule has 2 aromatic rings. The van der Waals surface area contributed by atoms with Crippen LogP contribution in [0.5, 0.6) is 5.75 Å². The standard InChI is InChI=1S/C20H20F3N3O5S/c1-31-17-5-3-2-4-16(17)26-11-13(10-18(26)27)19(28)25-14-6-8-15(9-7-14)32(29,30)24-12-20(21,22)23/h2-9,13,24H,10-12H2,1H3,(H,25,28). The van der Waals surface area contributed by atoms with E-state index in [0.717, 1.165) is 12.1 Å². The highest BCUT2D eigenvalue weighted by molar-refractivity contribution is 7.89. The highest BCUT2D eigenvalue weighted by atomic mass is 32.2. The lowest BCUT2D eigenvalue weighted by Crippen LogP contribution is -2.33. The van der Waals surface area contributed by atoms with Crippen LogP contribution < -0.4 is 19.7 Å². The molecule has 12 heteroatoms. The monoisotopic (exact) mass is 471 g/mol. The molecule has 1 aliphatic heterocycles. The molecule has 2 N–H and O–H groups in total. The molecular weight excluding hydrogens is 451 g/mol. The number of carbonyl (C=O) groups is 2. The molecule has 2 amide bonds. The van der Waals surface area contributed by atoms with E-state index in [0.29, 0.717) is 11.4 Å². The summed E-state index contributed by atoms with van der Waals surface area (Å²) < 4.78 is 67.3. The highest BCUT2D eigenvalue weighted by Gasteiger charge is 2.36. The Morgan fingerprint density at radius 1 is 1.16 bits per heavy atom. The third-order valence-electron chi connectivity index (χ3n) is 4.77. The Balaban J connectivity index is 1.64. The van der Waals surface area contributed by atoms with Gasteiger partial charge in [0.1, 0.15) is 12.3 Å². The third-order valence-corrected chi connectivity index (χ3v) is 6.18. The summed E-state index contributed by atoms with van der Waals surface area (Å²) in [6.45, 7) is -1.55. The first-order valence-corrected chi connectivity index (χ1v) is 10.9. The molecule has 1 fully saturated rings. The van der Waals surface area contributed by atoms with Gasteiger partial charge in [0, 0.05) is 18.7 Å². The Bertz CT molecular complexity index is 1100.